The summed E-state index contributed by atoms with van der Waals surface area (Å²) < 4.78 is 37.6. The number of aromatic nitrogens is 1. The zero-order chi connectivity index (χ0) is 17.3. The van der Waals surface area contributed by atoms with Crippen LogP contribution < -0.4 is 5.73 Å². The number of nitrogen functional groups attached to an aromatic ring is 1. The molecule has 0 aliphatic heterocycles. The molecule has 2 N–H and O–H groups in total. The van der Waals surface area contributed by atoms with Crippen LogP contribution in [0.5, 0.6) is 0 Å². The van der Waals surface area contributed by atoms with E-state index in [2.05, 4.69) is 9.98 Å². The van der Waals surface area contributed by atoms with E-state index >= 15 is 0 Å². The van der Waals surface area contributed by atoms with Crippen LogP contribution in [-0.2, 0) is 6.18 Å². The Kier molecular flexibility index (Phi) is 4.15. The van der Waals surface area contributed by atoms with Gasteiger partial charge in [0, 0.05) is 17.8 Å². The monoisotopic (exact) mass is 349 g/mol. The molecule has 7 heteroatoms. The summed E-state index contributed by atoms with van der Waals surface area (Å²) in [5, 5.41) is 1.07. The molecule has 0 bridgehead atoms. The first-order valence-corrected chi connectivity index (χ1v) is 7.28. The van der Waals surface area contributed by atoms with Gasteiger partial charge in [0.15, 0.2) is 0 Å². The second-order valence-electron chi connectivity index (χ2n) is 5.08. The van der Waals surface area contributed by atoms with Crippen LogP contribution in [0.4, 0.5) is 24.5 Å². The molecular weight excluding hydrogens is 339 g/mol. The van der Waals surface area contributed by atoms with Gasteiger partial charge in [0.25, 0.3) is 0 Å². The van der Waals surface area contributed by atoms with Crippen LogP contribution in [0.1, 0.15) is 11.1 Å². The Morgan fingerprint density at radius 3 is 2.50 bits per heavy atom. The van der Waals surface area contributed by atoms with Crippen molar-refractivity contribution in [2.75, 3.05) is 5.73 Å². The molecule has 3 rings (SSSR count). The molecule has 0 atom stereocenters. The summed E-state index contributed by atoms with van der Waals surface area (Å²) in [4.78, 5) is 8.40. The number of hydrogen-bond acceptors (Lipinski definition) is 3. The van der Waals surface area contributed by atoms with E-state index < -0.39 is 11.7 Å². The van der Waals surface area contributed by atoms with Crippen molar-refractivity contribution in [3.63, 3.8) is 0 Å². The molecule has 3 nitrogen and oxygen atoms in total. The summed E-state index contributed by atoms with van der Waals surface area (Å²) >= 11 is 6.20. The Hall–Kier alpha value is -2.60. The minimum absolute atomic E-state index is 0.269. The maximum Gasteiger partial charge on any atom is 0.416 e. The number of nitrogens with zero attached hydrogens (tertiary/aromatic N) is 2. The highest BCUT2D eigenvalue weighted by Crippen LogP contribution is 2.36. The van der Waals surface area contributed by atoms with Gasteiger partial charge in [-0.15, -0.1) is 0 Å². The normalized spacial score (nSPS) is 12.2. The highest BCUT2D eigenvalue weighted by atomic mass is 35.5. The van der Waals surface area contributed by atoms with Gasteiger partial charge < -0.3 is 5.73 Å². The minimum atomic E-state index is -4.36. The summed E-state index contributed by atoms with van der Waals surface area (Å²) in [6, 6.07) is 10.00. The number of hydrogen-bond donors (Lipinski definition) is 1. The Morgan fingerprint density at radius 2 is 1.83 bits per heavy atom. The first-order valence-electron chi connectivity index (χ1n) is 6.90. The molecule has 1 heterocycles. The van der Waals surface area contributed by atoms with Gasteiger partial charge in [-0.05, 0) is 29.8 Å². The average molecular weight is 350 g/mol. The molecule has 0 saturated heterocycles. The number of rotatable bonds is 2. The first-order chi connectivity index (χ1) is 11.4. The predicted molar refractivity (Wildman–Crippen MR) is 89.9 cm³/mol. The lowest BCUT2D eigenvalue weighted by molar-refractivity contribution is -0.137. The van der Waals surface area contributed by atoms with Crippen LogP contribution in [0.25, 0.3) is 10.9 Å². The number of aliphatic imine (C=N–C) groups is 1. The molecule has 0 spiro atoms. The predicted octanol–water partition coefficient (Wildman–Crippen LogP) is 5.24. The van der Waals surface area contributed by atoms with Crippen molar-refractivity contribution in [3.05, 3.63) is 64.8 Å². The van der Waals surface area contributed by atoms with Crippen LogP contribution in [-0.4, -0.2) is 11.2 Å². The van der Waals surface area contributed by atoms with Crippen LogP contribution in [0.15, 0.2) is 53.7 Å². The fourth-order valence-electron chi connectivity index (χ4n) is 2.19. The maximum absolute atomic E-state index is 12.5. The molecule has 0 fully saturated rings. The SMILES string of the molecule is Nc1c(N=Cc2ccc(C(F)(F)F)cc2)cc2cccnc2c1Cl. The second kappa shape index (κ2) is 6.13. The third-order valence-corrected chi connectivity index (χ3v) is 3.82. The third-order valence-electron chi connectivity index (χ3n) is 3.44. The van der Waals surface area contributed by atoms with Gasteiger partial charge in [0.05, 0.1) is 27.5 Å². The summed E-state index contributed by atoms with van der Waals surface area (Å²) in [6.07, 6.45) is -1.32. The van der Waals surface area contributed by atoms with E-state index in [0.29, 0.717) is 21.8 Å². The molecule has 0 radical (unpaired) electrons. The van der Waals surface area contributed by atoms with E-state index in [4.69, 9.17) is 17.3 Å². The number of fused-ring (bicyclic) bond motifs is 1. The van der Waals surface area contributed by atoms with Crippen LogP contribution in [0.3, 0.4) is 0 Å². The lowest BCUT2D eigenvalue weighted by atomic mass is 10.1. The lowest BCUT2D eigenvalue weighted by Crippen LogP contribution is -2.04. The maximum atomic E-state index is 12.5. The highest BCUT2D eigenvalue weighted by molar-refractivity contribution is 6.38. The molecule has 1 aromatic heterocycles. The van der Waals surface area contributed by atoms with Gasteiger partial charge in [-0.1, -0.05) is 29.8 Å². The van der Waals surface area contributed by atoms with Gasteiger partial charge in [0.2, 0.25) is 0 Å². The topological polar surface area (TPSA) is 51.3 Å². The number of pyridine rings is 1. The zero-order valence-corrected chi connectivity index (χ0v) is 12.9. The van der Waals surface area contributed by atoms with Gasteiger partial charge in [-0.3, -0.25) is 9.98 Å². The first kappa shape index (κ1) is 16.3. The fraction of sp³-hybridized carbons (Fsp3) is 0.0588. The van der Waals surface area contributed by atoms with Crippen molar-refractivity contribution in [2.24, 2.45) is 4.99 Å². The Morgan fingerprint density at radius 1 is 1.12 bits per heavy atom. The van der Waals surface area contributed by atoms with Gasteiger partial charge in [-0.25, -0.2) is 0 Å². The molecule has 2 aromatic carbocycles. The minimum Gasteiger partial charge on any atom is -0.396 e. The number of halogens is 4. The van der Waals surface area contributed by atoms with Crippen molar-refractivity contribution >= 4 is 40.1 Å². The molecule has 0 aliphatic rings. The van der Waals surface area contributed by atoms with Crippen LogP contribution in [0, 0.1) is 0 Å². The van der Waals surface area contributed by atoms with Gasteiger partial charge in [-0.2, -0.15) is 13.2 Å². The standard InChI is InChI=1S/C17H11ClF3N3/c18-14-15(22)13(8-11-2-1-7-23-16(11)14)24-9-10-3-5-12(6-4-10)17(19,20)21/h1-9H,22H2. The van der Waals surface area contributed by atoms with Crippen molar-refractivity contribution in [2.45, 2.75) is 6.18 Å². The van der Waals surface area contributed by atoms with Crippen molar-refractivity contribution < 1.29 is 13.2 Å². The lowest BCUT2D eigenvalue weighted by Gasteiger charge is -2.07. The molecule has 3 aromatic rings. The Bertz CT molecular complexity index is 919. The molecule has 0 aliphatic carbocycles. The molecular formula is C17H11ClF3N3. The smallest absolute Gasteiger partial charge is 0.396 e. The van der Waals surface area contributed by atoms with E-state index in [9.17, 15) is 13.2 Å². The third kappa shape index (κ3) is 3.19. The van der Waals surface area contributed by atoms with E-state index in [0.717, 1.165) is 17.5 Å². The Labute approximate surface area is 140 Å². The zero-order valence-electron chi connectivity index (χ0n) is 12.2. The summed E-state index contributed by atoms with van der Waals surface area (Å²) in [7, 11) is 0. The fourth-order valence-corrected chi connectivity index (χ4v) is 2.45. The van der Waals surface area contributed by atoms with E-state index in [1.807, 2.05) is 6.07 Å². The average Bonchev–Trinajstić information content (AvgIpc) is 2.56. The molecule has 0 amide bonds. The van der Waals surface area contributed by atoms with Crippen molar-refractivity contribution in [1.29, 1.82) is 0 Å². The summed E-state index contributed by atoms with van der Waals surface area (Å²) in [6.45, 7) is 0. The molecule has 122 valence electrons. The van der Waals surface area contributed by atoms with E-state index in [-0.39, 0.29) is 5.69 Å². The van der Waals surface area contributed by atoms with Crippen LogP contribution in [0.2, 0.25) is 5.02 Å². The largest absolute Gasteiger partial charge is 0.416 e. The second-order valence-corrected chi connectivity index (χ2v) is 5.45. The molecule has 0 unspecified atom stereocenters. The van der Waals surface area contributed by atoms with Gasteiger partial charge >= 0.3 is 6.18 Å². The number of anilines is 1. The highest BCUT2D eigenvalue weighted by Gasteiger charge is 2.29. The number of nitrogens with two attached hydrogens (primary N) is 1. The van der Waals surface area contributed by atoms with Gasteiger partial charge in [0.1, 0.15) is 0 Å². The van der Waals surface area contributed by atoms with E-state index in [1.165, 1.54) is 18.3 Å². The number of benzene rings is 2. The van der Waals surface area contributed by atoms with Crippen LogP contribution >= 0.6 is 11.6 Å². The number of alkyl halides is 3. The summed E-state index contributed by atoms with van der Waals surface area (Å²) in [5.74, 6) is 0. The van der Waals surface area contributed by atoms with E-state index in [1.54, 1.807) is 18.3 Å². The van der Waals surface area contributed by atoms with Crippen molar-refractivity contribution in [1.82, 2.24) is 4.98 Å². The quantitative estimate of drug-likeness (QED) is 0.508. The molecule has 0 saturated carbocycles. The summed E-state index contributed by atoms with van der Waals surface area (Å²) in [5.41, 5.74) is 7.04. The molecule has 24 heavy (non-hydrogen) atoms. The Balaban J connectivity index is 1.95. The van der Waals surface area contributed by atoms with Crippen molar-refractivity contribution in [3.8, 4) is 0 Å².